The normalized spacial score (nSPS) is 19.8. The van der Waals surface area contributed by atoms with Gasteiger partial charge in [0.2, 0.25) is 0 Å². The summed E-state index contributed by atoms with van der Waals surface area (Å²) < 4.78 is 11.0. The van der Waals surface area contributed by atoms with E-state index in [-0.39, 0.29) is 12.5 Å². The molecule has 0 radical (unpaired) electrons. The van der Waals surface area contributed by atoms with Gasteiger partial charge in [0.25, 0.3) is 0 Å². The molecule has 1 aromatic carbocycles. The van der Waals surface area contributed by atoms with Crippen LogP contribution in [-0.2, 0) is 9.53 Å². The van der Waals surface area contributed by atoms with E-state index in [1.54, 1.807) is 12.1 Å². The maximum Gasteiger partial charge on any atom is 0.305 e. The van der Waals surface area contributed by atoms with Gasteiger partial charge in [-0.1, -0.05) is 17.7 Å². The summed E-state index contributed by atoms with van der Waals surface area (Å²) in [6.07, 6.45) is 0.0944. The van der Waals surface area contributed by atoms with Crippen LogP contribution < -0.4 is 4.74 Å². The minimum absolute atomic E-state index is 0.0794. The Morgan fingerprint density at radius 1 is 1.55 bits per heavy atom. The summed E-state index contributed by atoms with van der Waals surface area (Å²) >= 11 is 5.88. The van der Waals surface area contributed by atoms with Crippen molar-refractivity contribution in [1.29, 1.82) is 0 Å². The van der Waals surface area contributed by atoms with Crippen molar-refractivity contribution in [2.45, 2.75) is 12.5 Å². The van der Waals surface area contributed by atoms with Crippen LogP contribution >= 0.6 is 11.6 Å². The molecule has 1 N–H and O–H groups in total. The van der Waals surface area contributed by atoms with Crippen molar-refractivity contribution in [2.24, 2.45) is 0 Å². The molecule has 1 aliphatic heterocycles. The van der Waals surface area contributed by atoms with E-state index in [9.17, 15) is 4.79 Å². The van der Waals surface area contributed by atoms with Crippen LogP contribution in [0.15, 0.2) is 24.3 Å². The molecule has 1 atom stereocenters. The number of morpholine rings is 1. The molecule has 2 rings (SSSR count). The lowest BCUT2D eigenvalue weighted by Crippen LogP contribution is -2.47. The molecule has 0 aromatic heterocycles. The molecule has 0 bridgehead atoms. The minimum atomic E-state index is -0.804. The third kappa shape index (κ3) is 4.67. The number of hydrogen-bond acceptors (Lipinski definition) is 4. The van der Waals surface area contributed by atoms with Crippen LogP contribution in [0.1, 0.15) is 6.42 Å². The van der Waals surface area contributed by atoms with E-state index in [4.69, 9.17) is 26.2 Å². The maximum absolute atomic E-state index is 10.8. The van der Waals surface area contributed by atoms with Gasteiger partial charge in [-0.25, -0.2) is 0 Å². The summed E-state index contributed by atoms with van der Waals surface area (Å²) in [5, 5.41) is 9.53. The SMILES string of the molecule is O=C(O)CC1COCCN1CCOc1cccc(Cl)c1. The van der Waals surface area contributed by atoms with E-state index in [2.05, 4.69) is 4.90 Å². The predicted molar refractivity (Wildman–Crippen MR) is 75.4 cm³/mol. The zero-order valence-corrected chi connectivity index (χ0v) is 11.9. The predicted octanol–water partition coefficient (Wildman–Crippen LogP) is 1.89. The number of hydrogen-bond donors (Lipinski definition) is 1. The van der Waals surface area contributed by atoms with Crippen LogP contribution in [0.2, 0.25) is 5.02 Å². The van der Waals surface area contributed by atoms with Crippen molar-refractivity contribution in [3.05, 3.63) is 29.3 Å². The van der Waals surface area contributed by atoms with Gasteiger partial charge >= 0.3 is 5.97 Å². The molecular formula is C14H18ClNO4. The Hall–Kier alpha value is -1.30. The topological polar surface area (TPSA) is 59.0 Å². The average molecular weight is 300 g/mol. The fourth-order valence-electron chi connectivity index (χ4n) is 2.21. The van der Waals surface area contributed by atoms with Gasteiger partial charge in [0.1, 0.15) is 12.4 Å². The zero-order valence-electron chi connectivity index (χ0n) is 11.1. The monoisotopic (exact) mass is 299 g/mol. The highest BCUT2D eigenvalue weighted by atomic mass is 35.5. The van der Waals surface area contributed by atoms with E-state index < -0.39 is 5.97 Å². The quantitative estimate of drug-likeness (QED) is 0.869. The van der Waals surface area contributed by atoms with E-state index in [1.165, 1.54) is 0 Å². The summed E-state index contributed by atoms with van der Waals surface area (Å²) in [6.45, 7) is 3.00. The Kier molecular flexibility index (Phi) is 5.64. The molecular weight excluding hydrogens is 282 g/mol. The van der Waals surface area contributed by atoms with Gasteiger partial charge < -0.3 is 14.6 Å². The molecule has 1 aromatic rings. The second-order valence-corrected chi connectivity index (χ2v) is 5.10. The zero-order chi connectivity index (χ0) is 14.4. The average Bonchev–Trinajstić information content (AvgIpc) is 2.40. The second-order valence-electron chi connectivity index (χ2n) is 4.67. The van der Waals surface area contributed by atoms with E-state index >= 15 is 0 Å². The number of carboxylic acid groups (broad SMARTS) is 1. The fraction of sp³-hybridized carbons (Fsp3) is 0.500. The van der Waals surface area contributed by atoms with Crippen molar-refractivity contribution in [3.8, 4) is 5.75 Å². The van der Waals surface area contributed by atoms with Crippen LogP contribution in [0.3, 0.4) is 0 Å². The van der Waals surface area contributed by atoms with Crippen molar-refractivity contribution in [3.63, 3.8) is 0 Å². The second kappa shape index (κ2) is 7.47. The van der Waals surface area contributed by atoms with Crippen molar-refractivity contribution < 1.29 is 19.4 Å². The lowest BCUT2D eigenvalue weighted by Gasteiger charge is -2.34. The Morgan fingerprint density at radius 2 is 2.40 bits per heavy atom. The van der Waals surface area contributed by atoms with Crippen molar-refractivity contribution in [1.82, 2.24) is 4.90 Å². The standard InChI is InChI=1S/C14H18ClNO4/c15-11-2-1-3-13(8-11)20-7-5-16-4-6-19-10-12(16)9-14(17)18/h1-3,8,12H,4-7,9-10H2,(H,17,18). The van der Waals surface area contributed by atoms with Crippen LogP contribution in [0.5, 0.6) is 5.75 Å². The Bertz CT molecular complexity index is 455. The molecule has 0 saturated carbocycles. The smallest absolute Gasteiger partial charge is 0.305 e. The fourth-order valence-corrected chi connectivity index (χ4v) is 2.39. The first kappa shape index (κ1) is 15.1. The molecule has 1 unspecified atom stereocenters. The number of halogens is 1. The Balaban J connectivity index is 1.80. The molecule has 6 heteroatoms. The molecule has 1 saturated heterocycles. The third-order valence-electron chi connectivity index (χ3n) is 3.20. The maximum atomic E-state index is 10.8. The Morgan fingerprint density at radius 3 is 3.15 bits per heavy atom. The van der Waals surface area contributed by atoms with Crippen LogP contribution in [0, 0.1) is 0 Å². The minimum Gasteiger partial charge on any atom is -0.492 e. The molecule has 20 heavy (non-hydrogen) atoms. The number of benzene rings is 1. The van der Waals surface area contributed by atoms with E-state index in [1.807, 2.05) is 12.1 Å². The lowest BCUT2D eigenvalue weighted by molar-refractivity contribution is -0.140. The molecule has 0 amide bonds. The molecule has 5 nitrogen and oxygen atoms in total. The van der Waals surface area contributed by atoms with Gasteiger partial charge in [0.05, 0.1) is 19.6 Å². The van der Waals surface area contributed by atoms with Gasteiger partial charge in [-0.2, -0.15) is 0 Å². The highest BCUT2D eigenvalue weighted by Gasteiger charge is 2.24. The summed E-state index contributed by atoms with van der Waals surface area (Å²) in [7, 11) is 0. The summed E-state index contributed by atoms with van der Waals surface area (Å²) in [5.74, 6) is -0.0817. The highest BCUT2D eigenvalue weighted by molar-refractivity contribution is 6.30. The third-order valence-corrected chi connectivity index (χ3v) is 3.44. The summed E-state index contributed by atoms with van der Waals surface area (Å²) in [6, 6.07) is 7.15. The van der Waals surface area contributed by atoms with Crippen LogP contribution in [-0.4, -0.2) is 54.9 Å². The number of nitrogens with zero attached hydrogens (tertiary/aromatic N) is 1. The van der Waals surface area contributed by atoms with Gasteiger partial charge in [0, 0.05) is 24.2 Å². The lowest BCUT2D eigenvalue weighted by atomic mass is 10.1. The molecule has 1 heterocycles. The van der Waals surface area contributed by atoms with Crippen LogP contribution in [0.4, 0.5) is 0 Å². The number of aliphatic carboxylic acids is 1. The van der Waals surface area contributed by atoms with Crippen molar-refractivity contribution in [2.75, 3.05) is 32.9 Å². The first-order chi connectivity index (χ1) is 9.65. The molecule has 1 aliphatic rings. The molecule has 0 spiro atoms. The molecule has 1 fully saturated rings. The summed E-state index contributed by atoms with van der Waals surface area (Å²) in [4.78, 5) is 12.9. The number of carboxylic acids is 1. The number of carbonyl (C=O) groups is 1. The highest BCUT2D eigenvalue weighted by Crippen LogP contribution is 2.17. The first-order valence-corrected chi connectivity index (χ1v) is 6.95. The molecule has 0 aliphatic carbocycles. The van der Waals surface area contributed by atoms with E-state index in [0.29, 0.717) is 31.4 Å². The van der Waals surface area contributed by atoms with Gasteiger partial charge in [-0.15, -0.1) is 0 Å². The number of ether oxygens (including phenoxy) is 2. The van der Waals surface area contributed by atoms with Crippen molar-refractivity contribution >= 4 is 17.6 Å². The number of rotatable bonds is 6. The first-order valence-electron chi connectivity index (χ1n) is 6.57. The van der Waals surface area contributed by atoms with E-state index in [0.717, 1.165) is 12.3 Å². The summed E-state index contributed by atoms with van der Waals surface area (Å²) in [5.41, 5.74) is 0. The van der Waals surface area contributed by atoms with Gasteiger partial charge in [-0.05, 0) is 18.2 Å². The molecule has 110 valence electrons. The largest absolute Gasteiger partial charge is 0.492 e. The van der Waals surface area contributed by atoms with Gasteiger partial charge in [-0.3, -0.25) is 9.69 Å². The van der Waals surface area contributed by atoms with Crippen LogP contribution in [0.25, 0.3) is 0 Å². The van der Waals surface area contributed by atoms with Gasteiger partial charge in [0.15, 0.2) is 0 Å². The Labute approximate surface area is 123 Å².